The predicted octanol–water partition coefficient (Wildman–Crippen LogP) is 1.48. The van der Waals surface area contributed by atoms with Crippen molar-refractivity contribution in [2.24, 2.45) is 5.92 Å². The fourth-order valence-electron chi connectivity index (χ4n) is 2.46. The van der Waals surface area contributed by atoms with E-state index in [1.54, 1.807) is 0 Å². The Kier molecular flexibility index (Phi) is 5.19. The van der Waals surface area contributed by atoms with E-state index in [4.69, 9.17) is 4.74 Å². The van der Waals surface area contributed by atoms with Crippen LogP contribution in [0, 0.1) is 12.8 Å². The Hall–Kier alpha value is -0.470. The van der Waals surface area contributed by atoms with E-state index in [1.165, 1.54) is 11.3 Å². The van der Waals surface area contributed by atoms with Gasteiger partial charge in [0.25, 0.3) is 0 Å². The molecule has 1 aliphatic rings. The first-order valence-electron chi connectivity index (χ1n) is 6.78. The number of rotatable bonds is 6. The summed E-state index contributed by atoms with van der Waals surface area (Å²) in [5.74, 6) is 0.261. The van der Waals surface area contributed by atoms with Crippen LogP contribution in [0.25, 0.3) is 0 Å². The van der Waals surface area contributed by atoms with Crippen molar-refractivity contribution in [1.29, 1.82) is 0 Å². The molecule has 2 atom stereocenters. The van der Waals surface area contributed by atoms with E-state index in [9.17, 15) is 8.42 Å². The molecule has 114 valence electrons. The van der Waals surface area contributed by atoms with Crippen LogP contribution in [-0.4, -0.2) is 34.7 Å². The minimum Gasteiger partial charge on any atom is -0.378 e. The van der Waals surface area contributed by atoms with Crippen molar-refractivity contribution in [2.75, 3.05) is 20.2 Å². The third-order valence-electron chi connectivity index (χ3n) is 3.66. The SMILES string of the molecule is CNCc1scc(C)c1S(=O)(=O)NCC1CCOC1C. The highest BCUT2D eigenvalue weighted by molar-refractivity contribution is 7.89. The lowest BCUT2D eigenvalue weighted by molar-refractivity contribution is 0.107. The van der Waals surface area contributed by atoms with Gasteiger partial charge in [-0.05, 0) is 38.3 Å². The van der Waals surface area contributed by atoms with Gasteiger partial charge in [0.15, 0.2) is 0 Å². The van der Waals surface area contributed by atoms with Gasteiger partial charge in [0.2, 0.25) is 10.0 Å². The number of aryl methyl sites for hydroxylation is 1. The van der Waals surface area contributed by atoms with Crippen molar-refractivity contribution in [3.05, 3.63) is 15.8 Å². The lowest BCUT2D eigenvalue weighted by atomic mass is 10.0. The van der Waals surface area contributed by atoms with Gasteiger partial charge in [0.1, 0.15) is 4.90 Å². The standard InChI is InChI=1S/C13H22N2O3S2/c1-9-8-19-12(7-14-3)13(9)20(16,17)15-6-11-4-5-18-10(11)2/h8,10-11,14-15H,4-7H2,1-3H3. The molecule has 2 N–H and O–H groups in total. The summed E-state index contributed by atoms with van der Waals surface area (Å²) in [4.78, 5) is 1.29. The first-order valence-corrected chi connectivity index (χ1v) is 9.15. The quantitative estimate of drug-likeness (QED) is 0.834. The zero-order valence-corrected chi connectivity index (χ0v) is 13.7. The number of hydrogen-bond donors (Lipinski definition) is 2. The average molecular weight is 318 g/mol. The summed E-state index contributed by atoms with van der Waals surface area (Å²) in [6.45, 7) is 5.56. The molecule has 20 heavy (non-hydrogen) atoms. The van der Waals surface area contributed by atoms with Gasteiger partial charge < -0.3 is 10.1 Å². The van der Waals surface area contributed by atoms with Crippen LogP contribution in [0.3, 0.4) is 0 Å². The molecule has 0 aliphatic carbocycles. The molecule has 0 bridgehead atoms. The molecule has 1 aromatic rings. The lowest BCUT2D eigenvalue weighted by Gasteiger charge is -2.15. The largest absolute Gasteiger partial charge is 0.378 e. The maximum absolute atomic E-state index is 12.5. The van der Waals surface area contributed by atoms with Gasteiger partial charge in [-0.25, -0.2) is 13.1 Å². The van der Waals surface area contributed by atoms with Crippen LogP contribution in [0.5, 0.6) is 0 Å². The molecular weight excluding hydrogens is 296 g/mol. The normalized spacial score (nSPS) is 23.4. The molecule has 0 aromatic carbocycles. The first kappa shape index (κ1) is 15.9. The van der Waals surface area contributed by atoms with Crippen molar-refractivity contribution < 1.29 is 13.2 Å². The van der Waals surface area contributed by atoms with E-state index in [2.05, 4.69) is 10.0 Å². The van der Waals surface area contributed by atoms with Crippen LogP contribution in [0.1, 0.15) is 23.8 Å². The van der Waals surface area contributed by atoms with Crippen molar-refractivity contribution >= 4 is 21.4 Å². The average Bonchev–Trinajstić information content (AvgIpc) is 2.94. The highest BCUT2D eigenvalue weighted by atomic mass is 32.2. The Labute approximate surface area is 124 Å². The fraction of sp³-hybridized carbons (Fsp3) is 0.692. The topological polar surface area (TPSA) is 67.4 Å². The Morgan fingerprint density at radius 1 is 1.50 bits per heavy atom. The maximum Gasteiger partial charge on any atom is 0.241 e. The van der Waals surface area contributed by atoms with Crippen LogP contribution in [0.2, 0.25) is 0 Å². The van der Waals surface area contributed by atoms with Gasteiger partial charge in [-0.2, -0.15) is 0 Å². The van der Waals surface area contributed by atoms with Crippen LogP contribution in [0.4, 0.5) is 0 Å². The summed E-state index contributed by atoms with van der Waals surface area (Å²) in [5, 5.41) is 4.90. The van der Waals surface area contributed by atoms with Gasteiger partial charge in [0.05, 0.1) is 6.10 Å². The Morgan fingerprint density at radius 3 is 2.85 bits per heavy atom. The second kappa shape index (κ2) is 6.53. The maximum atomic E-state index is 12.5. The predicted molar refractivity (Wildman–Crippen MR) is 80.5 cm³/mol. The zero-order valence-electron chi connectivity index (χ0n) is 12.1. The smallest absolute Gasteiger partial charge is 0.241 e. The van der Waals surface area contributed by atoms with Crippen molar-refractivity contribution in [2.45, 2.75) is 37.8 Å². The minimum atomic E-state index is -3.45. The molecule has 1 aliphatic heterocycles. The summed E-state index contributed by atoms with van der Waals surface area (Å²) in [7, 11) is -1.63. The van der Waals surface area contributed by atoms with E-state index in [0.29, 0.717) is 18.0 Å². The van der Waals surface area contributed by atoms with Gasteiger partial charge in [0, 0.05) is 30.5 Å². The number of sulfonamides is 1. The van der Waals surface area contributed by atoms with E-state index in [0.717, 1.165) is 23.5 Å². The summed E-state index contributed by atoms with van der Waals surface area (Å²) < 4.78 is 33.2. The van der Waals surface area contributed by atoms with Crippen LogP contribution < -0.4 is 10.0 Å². The number of ether oxygens (including phenoxy) is 1. The Bertz CT molecular complexity index is 554. The highest BCUT2D eigenvalue weighted by Crippen LogP contribution is 2.27. The van der Waals surface area contributed by atoms with E-state index >= 15 is 0 Å². The van der Waals surface area contributed by atoms with E-state index < -0.39 is 10.0 Å². The van der Waals surface area contributed by atoms with E-state index in [-0.39, 0.29) is 12.0 Å². The van der Waals surface area contributed by atoms with Gasteiger partial charge in [-0.3, -0.25) is 0 Å². The number of thiophene rings is 1. The highest BCUT2D eigenvalue weighted by Gasteiger charge is 2.28. The van der Waals surface area contributed by atoms with E-state index in [1.807, 2.05) is 26.3 Å². The first-order chi connectivity index (χ1) is 9.45. The van der Waals surface area contributed by atoms with Crippen molar-refractivity contribution in [1.82, 2.24) is 10.0 Å². The van der Waals surface area contributed by atoms with Crippen molar-refractivity contribution in [3.63, 3.8) is 0 Å². The number of nitrogens with one attached hydrogen (secondary N) is 2. The molecule has 5 nitrogen and oxygen atoms in total. The third-order valence-corrected chi connectivity index (χ3v) is 6.55. The van der Waals surface area contributed by atoms with Crippen LogP contribution in [-0.2, 0) is 21.3 Å². The summed E-state index contributed by atoms with van der Waals surface area (Å²) in [5.41, 5.74) is 0.809. The Morgan fingerprint density at radius 2 is 2.25 bits per heavy atom. The third kappa shape index (κ3) is 3.40. The number of hydrogen-bond acceptors (Lipinski definition) is 5. The molecule has 2 rings (SSSR count). The van der Waals surface area contributed by atoms with Crippen molar-refractivity contribution in [3.8, 4) is 0 Å². The molecule has 0 saturated carbocycles. The summed E-state index contributed by atoms with van der Waals surface area (Å²) in [6.07, 6.45) is 1.04. The second-order valence-corrected chi connectivity index (χ2v) is 7.85. The monoisotopic (exact) mass is 318 g/mol. The molecule has 0 amide bonds. The molecular formula is C13H22N2O3S2. The molecule has 1 saturated heterocycles. The lowest BCUT2D eigenvalue weighted by Crippen LogP contribution is -2.32. The van der Waals surface area contributed by atoms with Gasteiger partial charge >= 0.3 is 0 Å². The molecule has 0 spiro atoms. The fourth-order valence-corrected chi connectivity index (χ4v) is 5.38. The minimum absolute atomic E-state index is 0.123. The molecule has 2 unspecified atom stereocenters. The van der Waals surface area contributed by atoms with Crippen LogP contribution >= 0.6 is 11.3 Å². The zero-order chi connectivity index (χ0) is 14.8. The summed E-state index contributed by atoms with van der Waals surface area (Å²) >= 11 is 1.48. The molecule has 0 radical (unpaired) electrons. The summed E-state index contributed by atoms with van der Waals surface area (Å²) in [6, 6.07) is 0. The molecule has 1 fully saturated rings. The van der Waals surface area contributed by atoms with Crippen LogP contribution in [0.15, 0.2) is 10.3 Å². The molecule has 7 heteroatoms. The Balaban J connectivity index is 2.12. The van der Waals surface area contributed by atoms with Gasteiger partial charge in [-0.1, -0.05) is 0 Å². The second-order valence-electron chi connectivity index (χ2n) is 5.18. The molecule has 1 aromatic heterocycles. The molecule has 2 heterocycles. The van der Waals surface area contributed by atoms with Gasteiger partial charge in [-0.15, -0.1) is 11.3 Å².